The van der Waals surface area contributed by atoms with Crippen molar-refractivity contribution in [2.75, 3.05) is 0 Å². The fourth-order valence-electron chi connectivity index (χ4n) is 1.88. The summed E-state index contributed by atoms with van der Waals surface area (Å²) in [6.07, 6.45) is 1.93. The quantitative estimate of drug-likeness (QED) is 0.831. The molecule has 19 heavy (non-hydrogen) atoms. The molecular formula is C14H17N3O2. The summed E-state index contributed by atoms with van der Waals surface area (Å²) in [5.74, 6) is -0.896. The van der Waals surface area contributed by atoms with Gasteiger partial charge in [0.05, 0.1) is 11.3 Å². The Labute approximate surface area is 111 Å². The van der Waals surface area contributed by atoms with Gasteiger partial charge in [-0.15, -0.1) is 0 Å². The lowest BCUT2D eigenvalue weighted by atomic mass is 10.1. The zero-order valence-electron chi connectivity index (χ0n) is 10.8. The van der Waals surface area contributed by atoms with Crippen LogP contribution in [0.4, 0.5) is 0 Å². The van der Waals surface area contributed by atoms with Gasteiger partial charge in [0, 0.05) is 25.8 Å². The van der Waals surface area contributed by atoms with E-state index in [0.29, 0.717) is 18.7 Å². The van der Waals surface area contributed by atoms with Crippen molar-refractivity contribution in [1.29, 1.82) is 0 Å². The molecule has 0 aliphatic carbocycles. The molecule has 0 saturated heterocycles. The monoisotopic (exact) mass is 259 g/mol. The fourth-order valence-corrected chi connectivity index (χ4v) is 1.88. The van der Waals surface area contributed by atoms with Crippen molar-refractivity contribution in [3.05, 3.63) is 53.3 Å². The molecule has 0 unspecified atom stereocenters. The van der Waals surface area contributed by atoms with Crippen molar-refractivity contribution in [2.24, 2.45) is 0 Å². The summed E-state index contributed by atoms with van der Waals surface area (Å²) in [7, 11) is 0. The van der Waals surface area contributed by atoms with Gasteiger partial charge in [-0.2, -0.15) is 5.10 Å². The van der Waals surface area contributed by atoms with Crippen LogP contribution in [-0.4, -0.2) is 20.9 Å². The van der Waals surface area contributed by atoms with Crippen LogP contribution >= 0.6 is 0 Å². The molecule has 100 valence electrons. The molecule has 5 nitrogen and oxygen atoms in total. The average molecular weight is 259 g/mol. The Morgan fingerprint density at radius 3 is 2.79 bits per heavy atom. The van der Waals surface area contributed by atoms with E-state index in [1.165, 1.54) is 0 Å². The number of hydrogen-bond donors (Lipinski definition) is 2. The van der Waals surface area contributed by atoms with Gasteiger partial charge in [-0.3, -0.25) is 4.68 Å². The molecule has 0 radical (unpaired) electrons. The Morgan fingerprint density at radius 2 is 2.11 bits per heavy atom. The maximum Gasteiger partial charge on any atom is 0.336 e. The van der Waals surface area contributed by atoms with Crippen LogP contribution in [0.2, 0.25) is 0 Å². The van der Waals surface area contributed by atoms with Gasteiger partial charge >= 0.3 is 5.97 Å². The van der Waals surface area contributed by atoms with Crippen molar-refractivity contribution < 1.29 is 9.90 Å². The lowest BCUT2D eigenvalue weighted by Crippen LogP contribution is -2.16. The number of hydrogen-bond acceptors (Lipinski definition) is 3. The van der Waals surface area contributed by atoms with E-state index in [0.717, 1.165) is 17.8 Å². The highest BCUT2D eigenvalue weighted by Gasteiger charge is 2.08. The van der Waals surface area contributed by atoms with Gasteiger partial charge < -0.3 is 10.4 Å². The van der Waals surface area contributed by atoms with Crippen molar-refractivity contribution in [3.8, 4) is 0 Å². The number of nitrogens with zero attached hydrogens (tertiary/aromatic N) is 2. The SMILES string of the molecule is CCn1ccc(CNCc2ccccc2C(=O)O)n1. The van der Waals surface area contributed by atoms with Crippen LogP contribution in [-0.2, 0) is 19.6 Å². The number of nitrogens with one attached hydrogen (secondary N) is 1. The molecule has 0 atom stereocenters. The normalized spacial score (nSPS) is 10.6. The van der Waals surface area contributed by atoms with E-state index in [1.807, 2.05) is 36.0 Å². The number of benzene rings is 1. The molecule has 0 saturated carbocycles. The predicted octanol–water partition coefficient (Wildman–Crippen LogP) is 1.89. The Bertz CT molecular complexity index is 563. The van der Waals surface area contributed by atoms with Crippen molar-refractivity contribution in [1.82, 2.24) is 15.1 Å². The first-order valence-corrected chi connectivity index (χ1v) is 6.25. The van der Waals surface area contributed by atoms with Crippen LogP contribution in [0.1, 0.15) is 28.5 Å². The Kier molecular flexibility index (Phi) is 4.30. The minimum Gasteiger partial charge on any atom is -0.478 e. The molecule has 0 aliphatic heterocycles. The number of aromatic nitrogens is 2. The van der Waals surface area contributed by atoms with Crippen molar-refractivity contribution in [3.63, 3.8) is 0 Å². The first kappa shape index (κ1) is 13.3. The lowest BCUT2D eigenvalue weighted by Gasteiger charge is -2.06. The van der Waals surface area contributed by atoms with Crippen LogP contribution in [0.15, 0.2) is 36.5 Å². The van der Waals surface area contributed by atoms with Gasteiger partial charge in [-0.25, -0.2) is 4.79 Å². The molecule has 5 heteroatoms. The highest BCUT2D eigenvalue weighted by Crippen LogP contribution is 2.08. The molecular weight excluding hydrogens is 242 g/mol. The van der Waals surface area contributed by atoms with Gasteiger partial charge in [0.25, 0.3) is 0 Å². The molecule has 2 aromatic rings. The van der Waals surface area contributed by atoms with E-state index in [1.54, 1.807) is 12.1 Å². The van der Waals surface area contributed by atoms with Gasteiger partial charge in [0.15, 0.2) is 0 Å². The summed E-state index contributed by atoms with van der Waals surface area (Å²) in [4.78, 5) is 11.1. The number of carboxylic acid groups (broad SMARTS) is 1. The zero-order chi connectivity index (χ0) is 13.7. The van der Waals surface area contributed by atoms with E-state index in [4.69, 9.17) is 5.11 Å². The van der Waals surface area contributed by atoms with Crippen molar-refractivity contribution in [2.45, 2.75) is 26.6 Å². The van der Waals surface area contributed by atoms with Gasteiger partial charge in [0.2, 0.25) is 0 Å². The number of rotatable bonds is 6. The minimum absolute atomic E-state index is 0.342. The van der Waals surface area contributed by atoms with E-state index in [2.05, 4.69) is 10.4 Å². The summed E-state index contributed by atoms with van der Waals surface area (Å²) >= 11 is 0. The summed E-state index contributed by atoms with van der Waals surface area (Å²) in [6, 6.07) is 8.97. The summed E-state index contributed by atoms with van der Waals surface area (Å²) in [5, 5.41) is 16.6. The average Bonchev–Trinajstić information content (AvgIpc) is 2.87. The third-order valence-corrected chi connectivity index (χ3v) is 2.89. The molecule has 2 N–H and O–H groups in total. The second-order valence-corrected chi connectivity index (χ2v) is 4.23. The highest BCUT2D eigenvalue weighted by atomic mass is 16.4. The Morgan fingerprint density at radius 1 is 1.32 bits per heavy atom. The topological polar surface area (TPSA) is 67.2 Å². The molecule has 2 rings (SSSR count). The summed E-state index contributed by atoms with van der Waals surface area (Å²) in [5.41, 5.74) is 2.08. The second kappa shape index (κ2) is 6.15. The molecule has 0 aliphatic rings. The Balaban J connectivity index is 1.94. The molecule has 0 amide bonds. The smallest absolute Gasteiger partial charge is 0.336 e. The summed E-state index contributed by atoms with van der Waals surface area (Å²) in [6.45, 7) is 4.03. The number of carboxylic acids is 1. The van der Waals surface area contributed by atoms with Gasteiger partial charge in [-0.1, -0.05) is 18.2 Å². The molecule has 1 heterocycles. The van der Waals surface area contributed by atoms with E-state index in [9.17, 15) is 4.79 Å². The van der Waals surface area contributed by atoms with Gasteiger partial charge in [-0.05, 0) is 24.6 Å². The highest BCUT2D eigenvalue weighted by molar-refractivity contribution is 5.89. The fraction of sp³-hybridized carbons (Fsp3) is 0.286. The van der Waals surface area contributed by atoms with Gasteiger partial charge in [0.1, 0.15) is 0 Å². The van der Waals surface area contributed by atoms with Crippen LogP contribution < -0.4 is 5.32 Å². The van der Waals surface area contributed by atoms with Crippen LogP contribution in [0.5, 0.6) is 0 Å². The lowest BCUT2D eigenvalue weighted by molar-refractivity contribution is 0.0695. The third kappa shape index (κ3) is 3.42. The predicted molar refractivity (Wildman–Crippen MR) is 71.8 cm³/mol. The first-order valence-electron chi connectivity index (χ1n) is 6.25. The molecule has 1 aromatic heterocycles. The summed E-state index contributed by atoms with van der Waals surface area (Å²) < 4.78 is 1.86. The van der Waals surface area contributed by atoms with E-state index in [-0.39, 0.29) is 0 Å². The maximum atomic E-state index is 11.1. The van der Waals surface area contributed by atoms with Crippen LogP contribution in [0.25, 0.3) is 0 Å². The molecule has 1 aromatic carbocycles. The van der Waals surface area contributed by atoms with Crippen LogP contribution in [0, 0.1) is 0 Å². The maximum absolute atomic E-state index is 11.1. The minimum atomic E-state index is -0.896. The van der Waals surface area contributed by atoms with Crippen LogP contribution in [0.3, 0.4) is 0 Å². The zero-order valence-corrected chi connectivity index (χ0v) is 10.8. The largest absolute Gasteiger partial charge is 0.478 e. The van der Waals surface area contributed by atoms with E-state index < -0.39 is 5.97 Å². The standard InChI is InChI=1S/C14H17N3O2/c1-2-17-8-7-12(16-17)10-15-9-11-5-3-4-6-13(11)14(18)19/h3-8,15H,2,9-10H2,1H3,(H,18,19). The molecule has 0 fully saturated rings. The number of aryl methyl sites for hydroxylation is 1. The number of carbonyl (C=O) groups is 1. The second-order valence-electron chi connectivity index (χ2n) is 4.23. The Hall–Kier alpha value is -2.14. The molecule has 0 spiro atoms. The number of aromatic carboxylic acids is 1. The third-order valence-electron chi connectivity index (χ3n) is 2.89. The van der Waals surface area contributed by atoms with Crippen molar-refractivity contribution >= 4 is 5.97 Å². The molecule has 0 bridgehead atoms. The van der Waals surface area contributed by atoms with E-state index >= 15 is 0 Å². The first-order chi connectivity index (χ1) is 9.20.